The number of nitrogens with zero attached hydrogens (tertiary/aromatic N) is 3. The van der Waals surface area contributed by atoms with E-state index in [0.29, 0.717) is 5.69 Å². The van der Waals surface area contributed by atoms with Crippen LogP contribution in [0.25, 0.3) is 0 Å². The molecule has 1 heterocycles. The Morgan fingerprint density at radius 1 is 1.31 bits per heavy atom. The fourth-order valence-corrected chi connectivity index (χ4v) is 1.66. The van der Waals surface area contributed by atoms with Gasteiger partial charge in [0, 0.05) is 19.3 Å². The Bertz CT molecular complexity index is 409. The topological polar surface area (TPSA) is 28.0 Å². The summed E-state index contributed by atoms with van der Waals surface area (Å²) in [6.45, 7) is 1.08. The summed E-state index contributed by atoms with van der Waals surface area (Å²) < 4.78 is 12.6. The molecule has 16 heavy (non-hydrogen) atoms. The quantitative estimate of drug-likeness (QED) is 0.700. The molecule has 0 amide bonds. The summed E-state index contributed by atoms with van der Waals surface area (Å²) in [5.41, 5.74) is 1.87. The van der Waals surface area contributed by atoms with Crippen LogP contribution in [0.4, 0.5) is 10.1 Å². The molecule has 1 fully saturated rings. The van der Waals surface area contributed by atoms with E-state index in [0.717, 1.165) is 13.0 Å². The Balaban J connectivity index is 2.01. The van der Waals surface area contributed by atoms with Gasteiger partial charge in [0.1, 0.15) is 5.82 Å². The van der Waals surface area contributed by atoms with Gasteiger partial charge in [0.05, 0.1) is 11.9 Å². The first-order chi connectivity index (χ1) is 7.75. The monoisotopic (exact) mass is 219 g/mol. The molecular formula is C12H14FN3. The zero-order chi connectivity index (χ0) is 11.4. The Hall–Kier alpha value is -1.71. The number of likely N-dealkylation sites (tertiary alicyclic amines) is 1. The second-order valence-corrected chi connectivity index (χ2v) is 3.84. The Labute approximate surface area is 94.3 Å². The lowest BCUT2D eigenvalue weighted by Crippen LogP contribution is -2.09. The lowest BCUT2D eigenvalue weighted by Gasteiger charge is -2.10. The van der Waals surface area contributed by atoms with E-state index in [1.807, 2.05) is 7.05 Å². The van der Waals surface area contributed by atoms with Crippen LogP contribution >= 0.6 is 0 Å². The second kappa shape index (κ2) is 4.88. The van der Waals surface area contributed by atoms with Crippen molar-refractivity contribution in [3.63, 3.8) is 0 Å². The maximum Gasteiger partial charge on any atom is 0.123 e. The zero-order valence-corrected chi connectivity index (χ0v) is 9.23. The maximum atomic E-state index is 12.6. The van der Waals surface area contributed by atoms with Gasteiger partial charge in [-0.3, -0.25) is 0 Å². The van der Waals surface area contributed by atoms with Crippen LogP contribution < -0.4 is 0 Å². The Kier molecular flexibility index (Phi) is 3.29. The number of hydrogen-bond donors (Lipinski definition) is 0. The van der Waals surface area contributed by atoms with Crippen LogP contribution in [0.15, 0.2) is 46.4 Å². The van der Waals surface area contributed by atoms with Crippen molar-refractivity contribution < 1.29 is 4.39 Å². The molecule has 4 heteroatoms. The fraction of sp³-hybridized carbons (Fsp3) is 0.333. The molecule has 0 spiro atoms. The van der Waals surface area contributed by atoms with Crippen molar-refractivity contribution in [1.82, 2.24) is 4.90 Å². The number of rotatable bonds is 2. The molecule has 1 aliphatic heterocycles. The minimum absolute atomic E-state index is 0.257. The molecular weight excluding hydrogens is 205 g/mol. The first kappa shape index (κ1) is 10.8. The number of hydrogen-bond acceptors (Lipinski definition) is 3. The van der Waals surface area contributed by atoms with Crippen molar-refractivity contribution in [2.45, 2.75) is 12.8 Å². The average Bonchev–Trinajstić information content (AvgIpc) is 2.68. The largest absolute Gasteiger partial charge is 0.377 e. The molecule has 1 aromatic rings. The predicted molar refractivity (Wildman–Crippen MR) is 60.9 cm³/mol. The molecule has 84 valence electrons. The molecule has 0 radical (unpaired) electrons. The number of azo groups is 1. The zero-order valence-electron chi connectivity index (χ0n) is 9.23. The molecule has 0 atom stereocenters. The molecule has 1 saturated heterocycles. The van der Waals surface area contributed by atoms with Crippen molar-refractivity contribution in [2.24, 2.45) is 10.2 Å². The highest BCUT2D eigenvalue weighted by Crippen LogP contribution is 2.19. The predicted octanol–water partition coefficient (Wildman–Crippen LogP) is 3.48. The molecule has 0 N–H and O–H groups in total. The molecule has 0 aromatic heterocycles. The van der Waals surface area contributed by atoms with Gasteiger partial charge in [0.15, 0.2) is 0 Å². The van der Waals surface area contributed by atoms with Crippen LogP contribution in [-0.4, -0.2) is 18.5 Å². The highest BCUT2D eigenvalue weighted by atomic mass is 19.1. The van der Waals surface area contributed by atoms with E-state index in [9.17, 15) is 4.39 Å². The van der Waals surface area contributed by atoms with Crippen LogP contribution in [0.1, 0.15) is 12.8 Å². The van der Waals surface area contributed by atoms with Gasteiger partial charge in [0.2, 0.25) is 0 Å². The summed E-state index contributed by atoms with van der Waals surface area (Å²) in [4.78, 5) is 2.17. The minimum Gasteiger partial charge on any atom is -0.377 e. The Morgan fingerprint density at radius 2 is 2.06 bits per heavy atom. The summed E-state index contributed by atoms with van der Waals surface area (Å²) in [6.07, 6.45) is 4.00. The number of benzene rings is 1. The molecule has 3 nitrogen and oxygen atoms in total. The second-order valence-electron chi connectivity index (χ2n) is 3.84. The van der Waals surface area contributed by atoms with Gasteiger partial charge in [0.25, 0.3) is 0 Å². The molecule has 1 aromatic carbocycles. The lowest BCUT2D eigenvalue weighted by atomic mass is 10.3. The molecule has 0 bridgehead atoms. The summed E-state index contributed by atoms with van der Waals surface area (Å²) in [5.74, 6) is -0.257. The van der Waals surface area contributed by atoms with E-state index in [2.05, 4.69) is 15.1 Å². The van der Waals surface area contributed by atoms with Crippen LogP contribution in [0, 0.1) is 5.82 Å². The van der Waals surface area contributed by atoms with Crippen molar-refractivity contribution >= 4 is 5.69 Å². The molecule has 2 rings (SSSR count). The highest BCUT2D eigenvalue weighted by molar-refractivity contribution is 5.35. The van der Waals surface area contributed by atoms with Crippen molar-refractivity contribution in [3.05, 3.63) is 42.0 Å². The van der Waals surface area contributed by atoms with Crippen LogP contribution in [-0.2, 0) is 0 Å². The first-order valence-corrected chi connectivity index (χ1v) is 5.32. The van der Waals surface area contributed by atoms with Gasteiger partial charge in [-0.2, -0.15) is 10.2 Å². The van der Waals surface area contributed by atoms with E-state index >= 15 is 0 Å². The third-order valence-corrected chi connectivity index (χ3v) is 2.62. The van der Waals surface area contributed by atoms with Crippen LogP contribution in [0.2, 0.25) is 0 Å². The third kappa shape index (κ3) is 2.66. The Morgan fingerprint density at radius 3 is 2.69 bits per heavy atom. The lowest BCUT2D eigenvalue weighted by molar-refractivity contribution is 0.479. The van der Waals surface area contributed by atoms with Gasteiger partial charge in [-0.15, -0.1) is 0 Å². The van der Waals surface area contributed by atoms with Crippen LogP contribution in [0.3, 0.4) is 0 Å². The fourth-order valence-electron chi connectivity index (χ4n) is 1.66. The minimum atomic E-state index is -0.257. The van der Waals surface area contributed by atoms with Crippen molar-refractivity contribution in [2.75, 3.05) is 13.6 Å². The van der Waals surface area contributed by atoms with Gasteiger partial charge in [-0.1, -0.05) is 0 Å². The normalized spacial score (nSPS) is 18.9. The van der Waals surface area contributed by atoms with E-state index in [-0.39, 0.29) is 5.82 Å². The van der Waals surface area contributed by atoms with Crippen molar-refractivity contribution in [1.29, 1.82) is 0 Å². The van der Waals surface area contributed by atoms with E-state index in [1.165, 1.54) is 24.3 Å². The number of halogens is 1. The first-order valence-electron chi connectivity index (χ1n) is 5.32. The summed E-state index contributed by atoms with van der Waals surface area (Å²) in [7, 11) is 2.05. The van der Waals surface area contributed by atoms with Gasteiger partial charge in [-0.25, -0.2) is 4.39 Å². The van der Waals surface area contributed by atoms with E-state index in [4.69, 9.17) is 0 Å². The highest BCUT2D eigenvalue weighted by Gasteiger charge is 2.11. The van der Waals surface area contributed by atoms with Gasteiger partial charge < -0.3 is 4.90 Å². The van der Waals surface area contributed by atoms with Gasteiger partial charge in [-0.05, 0) is 37.1 Å². The van der Waals surface area contributed by atoms with Gasteiger partial charge >= 0.3 is 0 Å². The molecule has 0 saturated carbocycles. The third-order valence-electron chi connectivity index (χ3n) is 2.62. The summed E-state index contributed by atoms with van der Waals surface area (Å²) in [6, 6.07) is 5.97. The van der Waals surface area contributed by atoms with Crippen molar-refractivity contribution in [3.8, 4) is 0 Å². The summed E-state index contributed by atoms with van der Waals surface area (Å²) in [5, 5.41) is 8.00. The standard InChI is InChI=1S/C12H14FN3/c1-16-8-2-3-12(16)9-14-15-11-6-4-10(13)5-7-11/h4-7,9H,2-3,8H2,1H3/b12-9+,15-14?. The van der Waals surface area contributed by atoms with E-state index < -0.39 is 0 Å². The van der Waals surface area contributed by atoms with Crippen LogP contribution in [0.5, 0.6) is 0 Å². The summed E-state index contributed by atoms with van der Waals surface area (Å²) >= 11 is 0. The maximum absolute atomic E-state index is 12.6. The molecule has 0 unspecified atom stereocenters. The average molecular weight is 219 g/mol. The molecule has 0 aliphatic carbocycles. The smallest absolute Gasteiger partial charge is 0.123 e. The SMILES string of the molecule is CN1CCC/C1=C\N=Nc1ccc(F)cc1. The van der Waals surface area contributed by atoms with E-state index in [1.54, 1.807) is 18.3 Å². The molecule has 1 aliphatic rings. The number of allylic oxidation sites excluding steroid dienone is 1.